The minimum Gasteiger partial charge on any atom is -0.316 e. The summed E-state index contributed by atoms with van der Waals surface area (Å²) >= 11 is 0. The van der Waals surface area contributed by atoms with E-state index < -0.39 is 0 Å². The molecule has 2 fully saturated rings. The van der Waals surface area contributed by atoms with Gasteiger partial charge in [-0.3, -0.25) is 0 Å². The Morgan fingerprint density at radius 2 is 1.67 bits per heavy atom. The van der Waals surface area contributed by atoms with E-state index in [4.69, 9.17) is 0 Å². The maximum atomic E-state index is 3.45. The van der Waals surface area contributed by atoms with Crippen LogP contribution in [0.3, 0.4) is 0 Å². The van der Waals surface area contributed by atoms with Gasteiger partial charge in [-0.05, 0) is 51.4 Å². The van der Waals surface area contributed by atoms with Gasteiger partial charge in [0.1, 0.15) is 0 Å². The fourth-order valence-electron chi connectivity index (χ4n) is 2.55. The van der Waals surface area contributed by atoms with Crippen molar-refractivity contribution in [3.63, 3.8) is 0 Å². The highest BCUT2D eigenvalue weighted by molar-refractivity contribution is 5.85. The Kier molecular flexibility index (Phi) is 8.92. The second-order valence-corrected chi connectivity index (χ2v) is 4.57. The number of hydrogen-bond donors (Lipinski definition) is 1. The molecule has 1 N–H and O–H groups in total. The molecular weight excluding hydrogens is 231 g/mol. The summed E-state index contributed by atoms with van der Waals surface area (Å²) in [5.41, 5.74) is 0. The summed E-state index contributed by atoms with van der Waals surface area (Å²) < 4.78 is 0. The zero-order valence-electron chi connectivity index (χ0n) is 9.41. The van der Waals surface area contributed by atoms with E-state index in [0.29, 0.717) is 0 Å². The second-order valence-electron chi connectivity index (χ2n) is 4.57. The van der Waals surface area contributed by atoms with Gasteiger partial charge < -0.3 is 10.2 Å². The molecule has 2 heterocycles. The first kappa shape index (κ1) is 15.5. The third kappa shape index (κ3) is 5.39. The van der Waals surface area contributed by atoms with E-state index in [0.717, 1.165) is 5.92 Å². The standard InChI is InChI=1S/C11H22N2.2ClH/c1-2-4-8-13(7-3-1)10-11-5-6-12-9-11;;/h11-12H,1-10H2;2*1H. The number of nitrogens with zero attached hydrogens (tertiary/aromatic N) is 1. The van der Waals surface area contributed by atoms with Gasteiger partial charge in [0, 0.05) is 6.54 Å². The van der Waals surface area contributed by atoms with Crippen LogP contribution in [0, 0.1) is 5.92 Å². The van der Waals surface area contributed by atoms with E-state index in [9.17, 15) is 0 Å². The lowest BCUT2D eigenvalue weighted by atomic mass is 10.1. The van der Waals surface area contributed by atoms with Gasteiger partial charge in [-0.15, -0.1) is 24.8 Å². The Labute approximate surface area is 106 Å². The Morgan fingerprint density at radius 3 is 2.20 bits per heavy atom. The number of rotatable bonds is 2. The van der Waals surface area contributed by atoms with E-state index in [1.807, 2.05) is 0 Å². The Morgan fingerprint density at radius 1 is 1.00 bits per heavy atom. The lowest BCUT2D eigenvalue weighted by molar-refractivity contribution is 0.246. The predicted octanol–water partition coefficient (Wildman–Crippen LogP) is 2.32. The molecule has 0 amide bonds. The van der Waals surface area contributed by atoms with Crippen molar-refractivity contribution >= 4 is 24.8 Å². The molecule has 92 valence electrons. The summed E-state index contributed by atoms with van der Waals surface area (Å²) in [4.78, 5) is 2.69. The van der Waals surface area contributed by atoms with Crippen molar-refractivity contribution < 1.29 is 0 Å². The summed E-state index contributed by atoms with van der Waals surface area (Å²) in [5.74, 6) is 0.943. The summed E-state index contributed by atoms with van der Waals surface area (Å²) in [6.45, 7) is 6.58. The first-order valence-corrected chi connectivity index (χ1v) is 5.88. The molecule has 2 rings (SSSR count). The second kappa shape index (κ2) is 8.63. The van der Waals surface area contributed by atoms with Crippen LogP contribution in [0.1, 0.15) is 32.1 Å². The van der Waals surface area contributed by atoms with Gasteiger partial charge in [-0.25, -0.2) is 0 Å². The Balaban J connectivity index is 0.000000980. The zero-order chi connectivity index (χ0) is 8.93. The predicted molar refractivity (Wildman–Crippen MR) is 70.4 cm³/mol. The smallest absolute Gasteiger partial charge is 0.00223 e. The van der Waals surface area contributed by atoms with Crippen molar-refractivity contribution in [2.75, 3.05) is 32.7 Å². The molecule has 0 aromatic heterocycles. The molecule has 0 bridgehead atoms. The molecule has 2 aliphatic rings. The monoisotopic (exact) mass is 254 g/mol. The molecule has 2 aliphatic heterocycles. The minimum absolute atomic E-state index is 0. The largest absolute Gasteiger partial charge is 0.316 e. The van der Waals surface area contributed by atoms with Crippen LogP contribution in [0.5, 0.6) is 0 Å². The summed E-state index contributed by atoms with van der Waals surface area (Å²) in [5, 5.41) is 3.45. The molecule has 0 saturated carbocycles. The average molecular weight is 255 g/mol. The summed E-state index contributed by atoms with van der Waals surface area (Å²) in [7, 11) is 0. The van der Waals surface area contributed by atoms with Crippen LogP contribution in [-0.4, -0.2) is 37.6 Å². The van der Waals surface area contributed by atoms with Gasteiger partial charge in [0.05, 0.1) is 0 Å². The summed E-state index contributed by atoms with van der Waals surface area (Å²) in [6, 6.07) is 0. The number of likely N-dealkylation sites (tertiary alicyclic amines) is 1. The van der Waals surface area contributed by atoms with Crippen LogP contribution >= 0.6 is 24.8 Å². The lowest BCUT2D eigenvalue weighted by Gasteiger charge is -2.22. The van der Waals surface area contributed by atoms with Gasteiger partial charge in [-0.2, -0.15) is 0 Å². The summed E-state index contributed by atoms with van der Waals surface area (Å²) in [6.07, 6.45) is 7.18. The van der Waals surface area contributed by atoms with Crippen molar-refractivity contribution in [1.29, 1.82) is 0 Å². The molecule has 2 saturated heterocycles. The van der Waals surface area contributed by atoms with Gasteiger partial charge in [0.15, 0.2) is 0 Å². The molecule has 0 aliphatic carbocycles. The van der Waals surface area contributed by atoms with Gasteiger partial charge in [-0.1, -0.05) is 12.8 Å². The van der Waals surface area contributed by atoms with Crippen molar-refractivity contribution in [3.8, 4) is 0 Å². The van der Waals surface area contributed by atoms with Crippen LogP contribution in [0.2, 0.25) is 0 Å². The van der Waals surface area contributed by atoms with E-state index in [2.05, 4.69) is 10.2 Å². The molecule has 0 aromatic rings. The van der Waals surface area contributed by atoms with Crippen LogP contribution in [0.4, 0.5) is 0 Å². The van der Waals surface area contributed by atoms with E-state index in [-0.39, 0.29) is 24.8 Å². The highest BCUT2D eigenvalue weighted by atomic mass is 35.5. The zero-order valence-corrected chi connectivity index (χ0v) is 11.0. The minimum atomic E-state index is 0. The lowest BCUT2D eigenvalue weighted by Crippen LogP contribution is -2.31. The fourth-order valence-corrected chi connectivity index (χ4v) is 2.55. The molecule has 0 aromatic carbocycles. The third-order valence-electron chi connectivity index (χ3n) is 3.38. The number of hydrogen-bond acceptors (Lipinski definition) is 2. The SMILES string of the molecule is C1CCCN(CC2CCNC2)CC1.Cl.Cl. The third-order valence-corrected chi connectivity index (χ3v) is 3.38. The van der Waals surface area contributed by atoms with Crippen molar-refractivity contribution in [3.05, 3.63) is 0 Å². The normalized spacial score (nSPS) is 27.6. The average Bonchev–Trinajstić information content (AvgIpc) is 2.49. The number of nitrogens with one attached hydrogen (secondary N) is 1. The molecule has 1 unspecified atom stereocenters. The maximum Gasteiger partial charge on any atom is 0.00223 e. The van der Waals surface area contributed by atoms with E-state index >= 15 is 0 Å². The Bertz CT molecular complexity index is 142. The van der Waals surface area contributed by atoms with E-state index in [1.54, 1.807) is 0 Å². The Hall–Kier alpha value is 0.500. The molecule has 0 spiro atoms. The highest BCUT2D eigenvalue weighted by Gasteiger charge is 2.18. The molecule has 4 heteroatoms. The van der Waals surface area contributed by atoms with Crippen molar-refractivity contribution in [1.82, 2.24) is 10.2 Å². The van der Waals surface area contributed by atoms with Gasteiger partial charge in [0.25, 0.3) is 0 Å². The van der Waals surface area contributed by atoms with Gasteiger partial charge >= 0.3 is 0 Å². The molecule has 15 heavy (non-hydrogen) atoms. The molecule has 0 radical (unpaired) electrons. The van der Waals surface area contributed by atoms with Crippen molar-refractivity contribution in [2.24, 2.45) is 5.92 Å². The molecular formula is C11H24Cl2N2. The first-order chi connectivity index (χ1) is 6.45. The number of halogens is 2. The van der Waals surface area contributed by atoms with Crippen LogP contribution in [0.15, 0.2) is 0 Å². The van der Waals surface area contributed by atoms with Crippen LogP contribution in [0.25, 0.3) is 0 Å². The highest BCUT2D eigenvalue weighted by Crippen LogP contribution is 2.14. The van der Waals surface area contributed by atoms with Gasteiger partial charge in [0.2, 0.25) is 0 Å². The molecule has 1 atom stereocenters. The van der Waals surface area contributed by atoms with Crippen LogP contribution in [-0.2, 0) is 0 Å². The quantitative estimate of drug-likeness (QED) is 0.814. The maximum absolute atomic E-state index is 3.45. The van der Waals surface area contributed by atoms with E-state index in [1.165, 1.54) is 64.8 Å². The first-order valence-electron chi connectivity index (χ1n) is 5.88. The molecule has 2 nitrogen and oxygen atoms in total. The van der Waals surface area contributed by atoms with Crippen LogP contribution < -0.4 is 5.32 Å². The fraction of sp³-hybridized carbons (Fsp3) is 1.00. The van der Waals surface area contributed by atoms with Crippen molar-refractivity contribution in [2.45, 2.75) is 32.1 Å². The topological polar surface area (TPSA) is 15.3 Å².